The summed E-state index contributed by atoms with van der Waals surface area (Å²) in [6.45, 7) is 4.47. The Kier molecular flexibility index (Phi) is 5.63. The molecule has 19 heavy (non-hydrogen) atoms. The Labute approximate surface area is 128 Å². The van der Waals surface area contributed by atoms with Gasteiger partial charge in [-0.15, -0.1) is 0 Å². The maximum absolute atomic E-state index is 12.4. The molecule has 4 heteroatoms. The second-order valence-electron chi connectivity index (χ2n) is 4.89. The summed E-state index contributed by atoms with van der Waals surface area (Å²) in [5, 5.41) is 0. The predicted molar refractivity (Wildman–Crippen MR) is 84.3 cm³/mol. The van der Waals surface area contributed by atoms with E-state index < -0.39 is 0 Å². The molecular formula is C15H20INO2. The number of halogens is 1. The van der Waals surface area contributed by atoms with Crippen molar-refractivity contribution in [3.63, 3.8) is 0 Å². The fourth-order valence-corrected chi connectivity index (χ4v) is 2.68. The number of amides is 1. The van der Waals surface area contributed by atoms with Crippen molar-refractivity contribution in [2.75, 3.05) is 19.7 Å². The number of carbonyl (C=O) groups is 1. The van der Waals surface area contributed by atoms with Gasteiger partial charge in [0, 0.05) is 28.8 Å². The molecule has 1 aromatic rings. The molecule has 0 bridgehead atoms. The highest BCUT2D eigenvalue weighted by atomic mass is 127. The van der Waals surface area contributed by atoms with E-state index in [-0.39, 0.29) is 12.0 Å². The van der Waals surface area contributed by atoms with Gasteiger partial charge in [0.1, 0.15) is 0 Å². The Morgan fingerprint density at radius 1 is 1.42 bits per heavy atom. The van der Waals surface area contributed by atoms with Crippen molar-refractivity contribution in [1.29, 1.82) is 0 Å². The quantitative estimate of drug-likeness (QED) is 0.758. The van der Waals surface area contributed by atoms with Crippen molar-refractivity contribution in [3.8, 4) is 0 Å². The van der Waals surface area contributed by atoms with Gasteiger partial charge in [-0.3, -0.25) is 4.79 Å². The SMILES string of the molecule is CCCOC1CCCN(C(=O)c2ccc(I)cc2)C1. The van der Waals surface area contributed by atoms with Gasteiger partial charge in [0.25, 0.3) is 5.91 Å². The third-order valence-corrected chi connectivity index (χ3v) is 4.03. The number of ether oxygens (including phenoxy) is 1. The van der Waals surface area contributed by atoms with Crippen LogP contribution in [0.1, 0.15) is 36.5 Å². The molecular weight excluding hydrogens is 353 g/mol. The smallest absolute Gasteiger partial charge is 0.253 e. The zero-order chi connectivity index (χ0) is 13.7. The highest BCUT2D eigenvalue weighted by molar-refractivity contribution is 14.1. The molecule has 1 aromatic carbocycles. The van der Waals surface area contributed by atoms with Crippen LogP contribution in [-0.2, 0) is 4.74 Å². The number of piperidine rings is 1. The Morgan fingerprint density at radius 3 is 2.84 bits per heavy atom. The molecule has 0 saturated carbocycles. The summed E-state index contributed by atoms with van der Waals surface area (Å²) >= 11 is 2.25. The van der Waals surface area contributed by atoms with Gasteiger partial charge in [-0.2, -0.15) is 0 Å². The van der Waals surface area contributed by atoms with Crippen molar-refractivity contribution in [2.45, 2.75) is 32.3 Å². The lowest BCUT2D eigenvalue weighted by Gasteiger charge is -2.32. The fraction of sp³-hybridized carbons (Fsp3) is 0.533. The van der Waals surface area contributed by atoms with Crippen LogP contribution in [0.3, 0.4) is 0 Å². The molecule has 1 saturated heterocycles. The monoisotopic (exact) mass is 373 g/mol. The van der Waals surface area contributed by atoms with E-state index in [1.165, 1.54) is 0 Å². The van der Waals surface area contributed by atoms with Gasteiger partial charge in [-0.05, 0) is 66.1 Å². The molecule has 0 N–H and O–H groups in total. The van der Waals surface area contributed by atoms with Gasteiger partial charge in [-0.25, -0.2) is 0 Å². The van der Waals surface area contributed by atoms with Gasteiger partial charge >= 0.3 is 0 Å². The van der Waals surface area contributed by atoms with Crippen molar-refractivity contribution in [1.82, 2.24) is 4.90 Å². The van der Waals surface area contributed by atoms with Crippen molar-refractivity contribution in [3.05, 3.63) is 33.4 Å². The van der Waals surface area contributed by atoms with Crippen LogP contribution in [0.2, 0.25) is 0 Å². The standard InChI is InChI=1S/C15H20INO2/c1-2-10-19-14-4-3-9-17(11-14)15(18)12-5-7-13(16)8-6-12/h5-8,14H,2-4,9-11H2,1H3. The molecule has 0 aliphatic carbocycles. The normalized spacial score (nSPS) is 19.5. The van der Waals surface area contributed by atoms with Crippen LogP contribution >= 0.6 is 22.6 Å². The first-order chi connectivity index (χ1) is 9.20. The summed E-state index contributed by atoms with van der Waals surface area (Å²) in [5.41, 5.74) is 0.775. The number of rotatable bonds is 4. The van der Waals surface area contributed by atoms with E-state index in [0.29, 0.717) is 0 Å². The molecule has 1 fully saturated rings. The third-order valence-electron chi connectivity index (χ3n) is 3.31. The zero-order valence-corrected chi connectivity index (χ0v) is 13.4. The molecule has 1 unspecified atom stereocenters. The molecule has 1 aliphatic heterocycles. The van der Waals surface area contributed by atoms with Crippen LogP contribution < -0.4 is 0 Å². The fourth-order valence-electron chi connectivity index (χ4n) is 2.32. The maximum Gasteiger partial charge on any atom is 0.253 e. The van der Waals surface area contributed by atoms with E-state index in [4.69, 9.17) is 4.74 Å². The Hall–Kier alpha value is -0.620. The topological polar surface area (TPSA) is 29.5 Å². The van der Waals surface area contributed by atoms with Crippen LogP contribution in [0.5, 0.6) is 0 Å². The number of hydrogen-bond donors (Lipinski definition) is 0. The molecule has 1 amide bonds. The molecule has 0 radical (unpaired) electrons. The van der Waals surface area contributed by atoms with Gasteiger partial charge in [0.15, 0.2) is 0 Å². The summed E-state index contributed by atoms with van der Waals surface area (Å²) in [5.74, 6) is 0.126. The second-order valence-corrected chi connectivity index (χ2v) is 6.14. The minimum Gasteiger partial charge on any atom is -0.376 e. The predicted octanol–water partition coefficient (Wildman–Crippen LogP) is 3.32. The zero-order valence-electron chi connectivity index (χ0n) is 11.3. The first kappa shape index (κ1) is 14.8. The van der Waals surface area contributed by atoms with E-state index in [0.717, 1.165) is 48.1 Å². The van der Waals surface area contributed by atoms with Gasteiger partial charge in [0.2, 0.25) is 0 Å². The molecule has 2 rings (SSSR count). The summed E-state index contributed by atoms with van der Waals surface area (Å²) in [4.78, 5) is 14.3. The number of carbonyl (C=O) groups excluding carboxylic acids is 1. The minimum absolute atomic E-state index is 0.126. The van der Waals surface area contributed by atoms with Gasteiger partial charge in [0.05, 0.1) is 6.10 Å². The molecule has 0 aromatic heterocycles. The van der Waals surface area contributed by atoms with E-state index in [1.807, 2.05) is 29.2 Å². The third kappa shape index (κ3) is 4.18. The van der Waals surface area contributed by atoms with Gasteiger partial charge in [-0.1, -0.05) is 6.92 Å². The lowest BCUT2D eigenvalue weighted by atomic mass is 10.1. The summed E-state index contributed by atoms with van der Waals surface area (Å²) in [7, 11) is 0. The number of likely N-dealkylation sites (tertiary alicyclic amines) is 1. The second kappa shape index (κ2) is 7.24. The highest BCUT2D eigenvalue weighted by Crippen LogP contribution is 2.17. The first-order valence-electron chi connectivity index (χ1n) is 6.87. The summed E-state index contributed by atoms with van der Waals surface area (Å²) in [6, 6.07) is 7.76. The van der Waals surface area contributed by atoms with E-state index >= 15 is 0 Å². The average Bonchev–Trinajstić information content (AvgIpc) is 2.45. The molecule has 1 heterocycles. The molecule has 1 aliphatic rings. The van der Waals surface area contributed by atoms with Crippen LogP contribution in [0, 0.1) is 3.57 Å². The lowest BCUT2D eigenvalue weighted by molar-refractivity contribution is 0.00211. The largest absolute Gasteiger partial charge is 0.376 e. The van der Waals surface area contributed by atoms with E-state index in [1.54, 1.807) is 0 Å². The highest BCUT2D eigenvalue weighted by Gasteiger charge is 2.24. The van der Waals surface area contributed by atoms with Crippen LogP contribution in [-0.4, -0.2) is 36.6 Å². The number of benzene rings is 1. The van der Waals surface area contributed by atoms with Crippen molar-refractivity contribution in [2.24, 2.45) is 0 Å². The Bertz CT molecular complexity index is 419. The van der Waals surface area contributed by atoms with Crippen molar-refractivity contribution < 1.29 is 9.53 Å². The molecule has 0 spiro atoms. The molecule has 1 atom stereocenters. The Morgan fingerprint density at radius 2 is 2.16 bits per heavy atom. The minimum atomic E-state index is 0.126. The van der Waals surface area contributed by atoms with Crippen LogP contribution in [0.4, 0.5) is 0 Å². The maximum atomic E-state index is 12.4. The van der Waals surface area contributed by atoms with E-state index in [9.17, 15) is 4.79 Å². The summed E-state index contributed by atoms with van der Waals surface area (Å²) < 4.78 is 6.92. The number of nitrogens with zero attached hydrogens (tertiary/aromatic N) is 1. The Balaban J connectivity index is 1.96. The van der Waals surface area contributed by atoms with Crippen molar-refractivity contribution >= 4 is 28.5 Å². The summed E-state index contributed by atoms with van der Waals surface area (Å²) in [6.07, 6.45) is 3.34. The average molecular weight is 373 g/mol. The molecule has 3 nitrogen and oxygen atoms in total. The first-order valence-corrected chi connectivity index (χ1v) is 7.95. The van der Waals surface area contributed by atoms with Crippen LogP contribution in [0.25, 0.3) is 0 Å². The molecule has 104 valence electrons. The van der Waals surface area contributed by atoms with E-state index in [2.05, 4.69) is 29.5 Å². The number of hydrogen-bond acceptors (Lipinski definition) is 2. The lowest BCUT2D eigenvalue weighted by Crippen LogP contribution is -2.43. The van der Waals surface area contributed by atoms with Gasteiger partial charge < -0.3 is 9.64 Å². The van der Waals surface area contributed by atoms with Crippen LogP contribution in [0.15, 0.2) is 24.3 Å².